The number of aliphatic hydroxyl groups is 1. The summed E-state index contributed by atoms with van der Waals surface area (Å²) in [5.41, 5.74) is 1.45. The maximum Gasteiger partial charge on any atom is 0.294 e. The summed E-state index contributed by atoms with van der Waals surface area (Å²) in [7, 11) is 1.55. The van der Waals surface area contributed by atoms with Crippen molar-refractivity contribution >= 4 is 17.4 Å². The van der Waals surface area contributed by atoms with E-state index >= 15 is 0 Å². The fraction of sp³-hybridized carbons (Fsp3) is 0.200. The van der Waals surface area contributed by atoms with Gasteiger partial charge in [0, 0.05) is 12.1 Å². The minimum atomic E-state index is -0.683. The van der Waals surface area contributed by atoms with E-state index in [-0.39, 0.29) is 17.8 Å². The van der Waals surface area contributed by atoms with Crippen LogP contribution in [0, 0.1) is 0 Å². The molecule has 0 radical (unpaired) electrons. The van der Waals surface area contributed by atoms with Gasteiger partial charge in [-0.3, -0.25) is 14.5 Å². The van der Waals surface area contributed by atoms with Crippen LogP contribution in [0.5, 0.6) is 5.75 Å². The van der Waals surface area contributed by atoms with E-state index in [1.807, 2.05) is 24.3 Å². The Kier molecular flexibility index (Phi) is 4.57. The number of carbonyl (C=O) groups excluding carboxylic acids is 2. The zero-order valence-electron chi connectivity index (χ0n) is 14.1. The van der Waals surface area contributed by atoms with E-state index in [0.29, 0.717) is 17.0 Å². The lowest BCUT2D eigenvalue weighted by atomic mass is 9.94. The SMILES string of the molecule is CCC(=O)C1=C(O)C(=O)N(c2ccccc2)C1c1cccc(OC)c1. The van der Waals surface area contributed by atoms with Crippen molar-refractivity contribution in [3.05, 3.63) is 71.5 Å². The number of amides is 1. The molecule has 2 aromatic carbocycles. The van der Waals surface area contributed by atoms with Gasteiger partial charge in [0.05, 0.1) is 18.7 Å². The first kappa shape index (κ1) is 16.8. The molecule has 0 fully saturated rings. The summed E-state index contributed by atoms with van der Waals surface area (Å²) >= 11 is 0. The Morgan fingerprint density at radius 3 is 2.52 bits per heavy atom. The van der Waals surface area contributed by atoms with Crippen LogP contribution in [0.2, 0.25) is 0 Å². The van der Waals surface area contributed by atoms with E-state index < -0.39 is 17.7 Å². The molecule has 1 heterocycles. The molecule has 5 nitrogen and oxygen atoms in total. The molecule has 128 valence electrons. The Morgan fingerprint density at radius 1 is 1.16 bits per heavy atom. The molecule has 5 heteroatoms. The van der Waals surface area contributed by atoms with Gasteiger partial charge in [0.15, 0.2) is 11.5 Å². The lowest BCUT2D eigenvalue weighted by Crippen LogP contribution is -2.30. The number of anilines is 1. The number of ether oxygens (including phenoxy) is 1. The molecule has 3 rings (SSSR count). The van der Waals surface area contributed by atoms with Gasteiger partial charge in [0.1, 0.15) is 5.75 Å². The van der Waals surface area contributed by atoms with E-state index in [1.165, 1.54) is 4.90 Å². The van der Waals surface area contributed by atoms with Crippen molar-refractivity contribution in [3.8, 4) is 5.75 Å². The van der Waals surface area contributed by atoms with E-state index in [2.05, 4.69) is 0 Å². The van der Waals surface area contributed by atoms with Crippen molar-refractivity contribution < 1.29 is 19.4 Å². The van der Waals surface area contributed by atoms with Crippen molar-refractivity contribution in [3.63, 3.8) is 0 Å². The number of Topliss-reactive ketones (excluding diaryl/α,β-unsaturated/α-hetero) is 1. The minimum Gasteiger partial charge on any atom is -0.503 e. The number of benzene rings is 2. The number of carbonyl (C=O) groups is 2. The number of hydrogen-bond donors (Lipinski definition) is 1. The van der Waals surface area contributed by atoms with Crippen LogP contribution in [0.1, 0.15) is 24.9 Å². The number of hydrogen-bond acceptors (Lipinski definition) is 4. The fourth-order valence-electron chi connectivity index (χ4n) is 3.06. The molecule has 2 aromatic rings. The molecule has 1 amide bonds. The molecular formula is C20H19NO4. The van der Waals surface area contributed by atoms with Crippen LogP contribution in [-0.2, 0) is 9.59 Å². The zero-order valence-corrected chi connectivity index (χ0v) is 14.1. The molecular weight excluding hydrogens is 318 g/mol. The summed E-state index contributed by atoms with van der Waals surface area (Å²) in [4.78, 5) is 26.6. The van der Waals surface area contributed by atoms with Gasteiger partial charge < -0.3 is 9.84 Å². The maximum atomic E-state index is 12.7. The number of rotatable bonds is 5. The van der Waals surface area contributed by atoms with Crippen molar-refractivity contribution in [2.75, 3.05) is 12.0 Å². The van der Waals surface area contributed by atoms with Crippen LogP contribution in [-0.4, -0.2) is 23.9 Å². The lowest BCUT2D eigenvalue weighted by Gasteiger charge is -2.27. The number of nitrogens with zero attached hydrogens (tertiary/aromatic N) is 1. The second-order valence-corrected chi connectivity index (χ2v) is 5.73. The van der Waals surface area contributed by atoms with Crippen LogP contribution < -0.4 is 9.64 Å². The lowest BCUT2D eigenvalue weighted by molar-refractivity contribution is -0.118. The van der Waals surface area contributed by atoms with Gasteiger partial charge in [-0.2, -0.15) is 0 Å². The highest BCUT2D eigenvalue weighted by atomic mass is 16.5. The molecule has 1 unspecified atom stereocenters. The molecule has 1 N–H and O–H groups in total. The predicted octanol–water partition coefficient (Wildman–Crippen LogP) is 3.57. The van der Waals surface area contributed by atoms with Crippen molar-refractivity contribution in [1.82, 2.24) is 0 Å². The predicted molar refractivity (Wildman–Crippen MR) is 94.6 cm³/mol. The third-order valence-corrected chi connectivity index (χ3v) is 4.27. The van der Waals surface area contributed by atoms with Crippen LogP contribution >= 0.6 is 0 Å². The van der Waals surface area contributed by atoms with E-state index in [9.17, 15) is 14.7 Å². The molecule has 0 aliphatic carbocycles. The van der Waals surface area contributed by atoms with E-state index in [0.717, 1.165) is 0 Å². The molecule has 1 aliphatic heterocycles. The first-order valence-corrected chi connectivity index (χ1v) is 8.07. The zero-order chi connectivity index (χ0) is 18.0. The third-order valence-electron chi connectivity index (χ3n) is 4.27. The molecule has 0 saturated heterocycles. The van der Waals surface area contributed by atoms with E-state index in [1.54, 1.807) is 44.4 Å². The highest BCUT2D eigenvalue weighted by Gasteiger charge is 2.43. The topological polar surface area (TPSA) is 66.8 Å². The molecule has 0 bridgehead atoms. The number of aliphatic hydroxyl groups excluding tert-OH is 1. The molecule has 0 aromatic heterocycles. The fourth-order valence-corrected chi connectivity index (χ4v) is 3.06. The van der Waals surface area contributed by atoms with Crippen LogP contribution in [0.3, 0.4) is 0 Å². The minimum absolute atomic E-state index is 0.129. The van der Waals surface area contributed by atoms with E-state index in [4.69, 9.17) is 4.74 Å². The quantitative estimate of drug-likeness (QED) is 0.906. The molecule has 0 saturated carbocycles. The summed E-state index contributed by atoms with van der Waals surface area (Å²) in [6.07, 6.45) is 0.204. The summed E-state index contributed by atoms with van der Waals surface area (Å²) in [6.45, 7) is 1.71. The maximum absolute atomic E-state index is 12.7. The normalized spacial score (nSPS) is 17.1. The number of ketones is 1. The Hall–Kier alpha value is -3.08. The Morgan fingerprint density at radius 2 is 1.88 bits per heavy atom. The van der Waals surface area contributed by atoms with Crippen LogP contribution in [0.25, 0.3) is 0 Å². The Bertz CT molecular complexity index is 842. The molecule has 0 spiro atoms. The van der Waals surface area contributed by atoms with Gasteiger partial charge in [-0.15, -0.1) is 0 Å². The second-order valence-electron chi connectivity index (χ2n) is 5.73. The van der Waals surface area contributed by atoms with Gasteiger partial charge in [0.25, 0.3) is 5.91 Å². The highest BCUT2D eigenvalue weighted by Crippen LogP contribution is 2.41. The average Bonchev–Trinajstić information content (AvgIpc) is 2.93. The summed E-state index contributed by atoms with van der Waals surface area (Å²) < 4.78 is 5.26. The Labute approximate surface area is 146 Å². The monoisotopic (exact) mass is 337 g/mol. The smallest absolute Gasteiger partial charge is 0.294 e. The van der Waals surface area contributed by atoms with Gasteiger partial charge >= 0.3 is 0 Å². The molecule has 1 aliphatic rings. The van der Waals surface area contributed by atoms with Crippen molar-refractivity contribution in [2.45, 2.75) is 19.4 Å². The first-order valence-electron chi connectivity index (χ1n) is 8.07. The summed E-state index contributed by atoms with van der Waals surface area (Å²) in [5, 5.41) is 10.4. The van der Waals surface area contributed by atoms with Crippen LogP contribution in [0.15, 0.2) is 65.9 Å². The highest BCUT2D eigenvalue weighted by molar-refractivity contribution is 6.16. The second kappa shape index (κ2) is 6.81. The van der Waals surface area contributed by atoms with Crippen molar-refractivity contribution in [1.29, 1.82) is 0 Å². The largest absolute Gasteiger partial charge is 0.503 e. The molecule has 25 heavy (non-hydrogen) atoms. The average molecular weight is 337 g/mol. The van der Waals surface area contributed by atoms with Gasteiger partial charge in [-0.1, -0.05) is 37.3 Å². The third kappa shape index (κ3) is 2.89. The first-order chi connectivity index (χ1) is 12.1. The number of methoxy groups -OCH3 is 1. The van der Waals surface area contributed by atoms with Gasteiger partial charge in [0.2, 0.25) is 0 Å². The van der Waals surface area contributed by atoms with Crippen LogP contribution in [0.4, 0.5) is 5.69 Å². The molecule has 1 atom stereocenters. The van der Waals surface area contributed by atoms with Crippen molar-refractivity contribution in [2.24, 2.45) is 0 Å². The van der Waals surface area contributed by atoms with Gasteiger partial charge in [-0.05, 0) is 29.8 Å². The Balaban J connectivity index is 2.18. The van der Waals surface area contributed by atoms with Gasteiger partial charge in [-0.25, -0.2) is 0 Å². The number of para-hydroxylation sites is 1. The summed E-state index contributed by atoms with van der Waals surface area (Å²) in [5.74, 6) is -0.691. The summed E-state index contributed by atoms with van der Waals surface area (Å²) in [6, 6.07) is 15.5. The standard InChI is InChI=1S/C20H19NO4/c1-3-16(22)17-18(13-8-7-11-15(12-13)25-2)21(20(24)19(17)23)14-9-5-4-6-10-14/h4-12,18,23H,3H2,1-2H3.